The number of hydrogen-bond donors (Lipinski definition) is 1. The molecule has 2 rings (SSSR count). The molecule has 2 atom stereocenters. The summed E-state index contributed by atoms with van der Waals surface area (Å²) in [4.78, 5) is 11.6. The summed E-state index contributed by atoms with van der Waals surface area (Å²) < 4.78 is 37.0. The molecule has 134 valence electrons. The van der Waals surface area contributed by atoms with Crippen LogP contribution in [0.15, 0.2) is 30.3 Å². The van der Waals surface area contributed by atoms with Crippen molar-refractivity contribution in [2.75, 3.05) is 5.75 Å². The Labute approximate surface area is 157 Å². The van der Waals surface area contributed by atoms with Crippen LogP contribution in [-0.2, 0) is 20.3 Å². The lowest BCUT2D eigenvalue weighted by Crippen LogP contribution is -2.36. The van der Waals surface area contributed by atoms with Crippen molar-refractivity contribution in [2.45, 2.75) is 46.3 Å². The molecule has 0 spiro atoms. The predicted octanol–water partition coefficient (Wildman–Crippen LogP) is 3.73. The molecule has 1 amide bonds. The zero-order valence-electron chi connectivity index (χ0n) is 18.7. The monoisotopic (exact) mass is 360 g/mol. The van der Waals surface area contributed by atoms with E-state index in [4.69, 9.17) is 9.85 Å². The third-order valence-corrected chi connectivity index (χ3v) is 6.96. The topological polar surface area (TPSA) is 60.2 Å². The molecule has 0 heterocycles. The van der Waals surface area contributed by atoms with Crippen LogP contribution in [0.4, 0.5) is 0 Å². The van der Waals surface area contributed by atoms with Crippen molar-refractivity contribution >= 4 is 16.7 Å². The highest BCUT2D eigenvalue weighted by molar-refractivity contribution is 7.87. The van der Waals surface area contributed by atoms with Gasteiger partial charge in [-0.05, 0) is 80.5 Å². The minimum absolute atomic E-state index is 0.00875. The number of benzene rings is 2. The van der Waals surface area contributed by atoms with Gasteiger partial charge < -0.3 is 5.73 Å². The number of hydrogen-bond acceptors (Lipinski definition) is 2. The lowest BCUT2D eigenvalue weighted by Gasteiger charge is -2.32. The molecule has 0 aromatic heterocycles. The van der Waals surface area contributed by atoms with Gasteiger partial charge >= 0.3 is 0 Å². The molecule has 0 saturated heterocycles. The predicted molar refractivity (Wildman–Crippen MR) is 105 cm³/mol. The van der Waals surface area contributed by atoms with E-state index in [1.54, 1.807) is 20.8 Å². The Kier molecular flexibility index (Phi) is 4.37. The molecule has 4 heteroatoms. The highest BCUT2D eigenvalue weighted by Crippen LogP contribution is 2.39. The van der Waals surface area contributed by atoms with E-state index in [-0.39, 0.29) is 23.9 Å². The average molecular weight is 361 g/mol. The third kappa shape index (κ3) is 3.54. The summed E-state index contributed by atoms with van der Waals surface area (Å²) in [6.45, 7) is 11.2. The van der Waals surface area contributed by atoms with Crippen LogP contribution in [0.1, 0.15) is 50.0 Å². The Morgan fingerprint density at radius 3 is 2.16 bits per heavy atom. The lowest BCUT2D eigenvalue weighted by atomic mass is 9.85. The van der Waals surface area contributed by atoms with Crippen LogP contribution >= 0.6 is 0 Å². The largest absolute Gasteiger partial charge is 0.369 e. The van der Waals surface area contributed by atoms with Gasteiger partial charge in [0, 0.05) is 10.8 Å². The Morgan fingerprint density at radius 1 is 1.08 bits per heavy atom. The van der Waals surface area contributed by atoms with Crippen molar-refractivity contribution in [3.63, 3.8) is 0 Å². The summed E-state index contributed by atoms with van der Waals surface area (Å²) in [6.07, 6.45) is 0. The summed E-state index contributed by atoms with van der Waals surface area (Å²) in [5.41, 5.74) is 10.8. The molecule has 25 heavy (non-hydrogen) atoms. The second-order valence-electron chi connectivity index (χ2n) is 6.72. The van der Waals surface area contributed by atoms with Gasteiger partial charge in [0.25, 0.3) is 0 Å². The van der Waals surface area contributed by atoms with Crippen LogP contribution in [0.25, 0.3) is 0 Å². The first kappa shape index (κ1) is 15.3. The molecule has 2 aromatic rings. The first-order valence-electron chi connectivity index (χ1n) is 9.66. The quantitative estimate of drug-likeness (QED) is 0.883. The van der Waals surface area contributed by atoms with Gasteiger partial charge in [0.15, 0.2) is 0 Å². The fraction of sp³-hybridized carbons (Fsp3) is 0.381. The Bertz CT molecular complexity index is 952. The molecule has 2 aromatic carbocycles. The minimum atomic E-state index is -1.76. The van der Waals surface area contributed by atoms with Crippen LogP contribution in [0.5, 0.6) is 0 Å². The molecule has 0 aliphatic carbocycles. The van der Waals surface area contributed by atoms with Crippen LogP contribution in [0, 0.1) is 34.6 Å². The molecule has 0 saturated carbocycles. The van der Waals surface area contributed by atoms with Gasteiger partial charge in [0.2, 0.25) is 5.91 Å². The first-order chi connectivity index (χ1) is 12.8. The van der Waals surface area contributed by atoms with Gasteiger partial charge in [-0.15, -0.1) is 0 Å². The van der Waals surface area contributed by atoms with E-state index in [0.29, 0.717) is 22.3 Å². The maximum absolute atomic E-state index is 13.4. The molecule has 2 unspecified atom stereocenters. The number of rotatable bonds is 5. The normalized spacial score (nSPS) is 16.5. The second kappa shape index (κ2) is 7.12. The van der Waals surface area contributed by atoms with E-state index >= 15 is 0 Å². The van der Waals surface area contributed by atoms with E-state index < -0.39 is 21.5 Å². The highest BCUT2D eigenvalue weighted by atomic mass is 32.2. The van der Waals surface area contributed by atoms with Crippen LogP contribution in [-0.4, -0.2) is 15.9 Å². The number of carbonyl (C=O) groups excluding carboxylic acids is 1. The molecule has 0 aliphatic heterocycles. The number of nitrogens with two attached hydrogens (primary N) is 1. The van der Waals surface area contributed by atoms with E-state index in [2.05, 4.69) is 0 Å². The molecular weight excluding hydrogens is 330 g/mol. The average Bonchev–Trinajstić information content (AvgIpc) is 2.61. The van der Waals surface area contributed by atoms with Gasteiger partial charge in [0.1, 0.15) is 5.75 Å². The molecule has 3 nitrogen and oxygen atoms in total. The van der Waals surface area contributed by atoms with Crippen LogP contribution < -0.4 is 5.73 Å². The summed E-state index contributed by atoms with van der Waals surface area (Å²) in [5.74, 6) is -1.04. The summed E-state index contributed by atoms with van der Waals surface area (Å²) in [5, 5.41) is 0. The Morgan fingerprint density at radius 2 is 1.64 bits per heavy atom. The summed E-state index contributed by atoms with van der Waals surface area (Å²) >= 11 is 0. The van der Waals surface area contributed by atoms with Gasteiger partial charge in [-0.2, -0.15) is 0 Å². The number of aryl methyl sites for hydroxylation is 2. The van der Waals surface area contributed by atoms with E-state index in [0.717, 1.165) is 16.7 Å². The fourth-order valence-corrected chi connectivity index (χ4v) is 4.37. The number of amides is 1. The number of primary amides is 1. The standard InChI is InChI=1S/C21H27NO2S/c1-13-8-7-9-19(17(13)5)21(6,25(24)12-20(22)23)18-10-14(2)16(4)15(3)11-18/h7-11H,12H2,1-6H3,(H2,22,23)/i7D,8D,9D. The summed E-state index contributed by atoms with van der Waals surface area (Å²) in [6, 6.07) is 3.50. The minimum Gasteiger partial charge on any atom is -0.369 e. The fourth-order valence-electron chi connectivity index (χ4n) is 3.01. The van der Waals surface area contributed by atoms with Crippen molar-refractivity contribution < 1.29 is 13.1 Å². The molecule has 0 fully saturated rings. The van der Waals surface area contributed by atoms with Crippen molar-refractivity contribution in [2.24, 2.45) is 5.73 Å². The second-order valence-corrected chi connectivity index (χ2v) is 8.52. The smallest absolute Gasteiger partial charge is 0.230 e. The maximum atomic E-state index is 13.4. The van der Waals surface area contributed by atoms with Crippen molar-refractivity contribution in [1.29, 1.82) is 0 Å². The first-order valence-corrected chi connectivity index (χ1v) is 9.48. The van der Waals surface area contributed by atoms with E-state index in [9.17, 15) is 9.00 Å². The third-order valence-electron chi connectivity index (χ3n) is 5.06. The molecule has 0 aliphatic rings. The molecule has 0 bridgehead atoms. The van der Waals surface area contributed by atoms with E-state index in [1.165, 1.54) is 0 Å². The Balaban J connectivity index is 2.98. The Hall–Kier alpha value is -1.94. The van der Waals surface area contributed by atoms with Crippen molar-refractivity contribution in [3.05, 3.63) is 69.2 Å². The van der Waals surface area contributed by atoms with E-state index in [1.807, 2.05) is 32.9 Å². The van der Waals surface area contributed by atoms with Gasteiger partial charge in [-0.3, -0.25) is 9.00 Å². The van der Waals surface area contributed by atoms with Crippen LogP contribution in [0.3, 0.4) is 0 Å². The zero-order valence-corrected chi connectivity index (χ0v) is 16.5. The lowest BCUT2D eigenvalue weighted by molar-refractivity contribution is -0.115. The SMILES string of the molecule is [2H]c1c([2H])c(C)c(C)c(C(C)(c2cc(C)c(C)c(C)c2)S(=O)CC(N)=O)c1[2H]. The van der Waals surface area contributed by atoms with Crippen LogP contribution in [0.2, 0.25) is 0 Å². The van der Waals surface area contributed by atoms with Gasteiger partial charge in [0.05, 0.1) is 8.86 Å². The summed E-state index contributed by atoms with van der Waals surface area (Å²) in [7, 11) is -1.76. The molecule has 2 N–H and O–H groups in total. The van der Waals surface area contributed by atoms with Gasteiger partial charge in [-0.1, -0.05) is 30.3 Å². The number of carbonyl (C=O) groups is 1. The molecule has 0 radical (unpaired) electrons. The van der Waals surface area contributed by atoms with Crippen molar-refractivity contribution in [1.82, 2.24) is 0 Å². The highest BCUT2D eigenvalue weighted by Gasteiger charge is 2.38. The van der Waals surface area contributed by atoms with Crippen molar-refractivity contribution in [3.8, 4) is 0 Å². The molecular formula is C21H27NO2S. The zero-order chi connectivity index (χ0) is 21.5. The van der Waals surface area contributed by atoms with Gasteiger partial charge in [-0.25, -0.2) is 0 Å². The maximum Gasteiger partial charge on any atom is 0.230 e.